The Morgan fingerprint density at radius 2 is 1.82 bits per heavy atom. The van der Waals surface area contributed by atoms with Gasteiger partial charge in [-0.05, 0) is 49.3 Å². The van der Waals surface area contributed by atoms with Gasteiger partial charge in [0.2, 0.25) is 0 Å². The third-order valence-electron chi connectivity index (χ3n) is 5.81. The summed E-state index contributed by atoms with van der Waals surface area (Å²) in [5.41, 5.74) is 0.952. The summed E-state index contributed by atoms with van der Waals surface area (Å²) in [6.45, 7) is 7.18. The number of ether oxygens (including phenoxy) is 1. The second kappa shape index (κ2) is 16.1. The molecule has 2 rings (SSSR count). The van der Waals surface area contributed by atoms with Gasteiger partial charge in [-0.3, -0.25) is 4.79 Å². The van der Waals surface area contributed by atoms with Crippen molar-refractivity contribution in [2.45, 2.75) is 90.8 Å². The van der Waals surface area contributed by atoms with E-state index in [-0.39, 0.29) is 24.5 Å². The molecule has 0 aliphatic carbocycles. The molecule has 1 aromatic heterocycles. The Bertz CT molecular complexity index is 805. The molecule has 34 heavy (non-hydrogen) atoms. The quantitative estimate of drug-likeness (QED) is 0.275. The molecule has 1 amide bonds. The van der Waals surface area contributed by atoms with E-state index in [4.69, 9.17) is 9.15 Å². The zero-order chi connectivity index (χ0) is 24.6. The minimum Gasteiger partial charge on any atom is -0.469 e. The molecule has 188 valence electrons. The average Bonchev–Trinajstić information content (AvgIpc) is 3.34. The summed E-state index contributed by atoms with van der Waals surface area (Å²) in [6.07, 6.45) is 8.14. The van der Waals surface area contributed by atoms with Crippen molar-refractivity contribution in [2.75, 3.05) is 6.54 Å². The second-order valence-electron chi connectivity index (χ2n) is 9.39. The molecule has 0 bridgehead atoms. The lowest BCUT2D eigenvalue weighted by molar-refractivity contribution is -0.121. The minimum atomic E-state index is -0.425. The van der Waals surface area contributed by atoms with Crippen molar-refractivity contribution in [1.82, 2.24) is 10.6 Å². The molecular weight excluding hydrogens is 428 g/mol. The van der Waals surface area contributed by atoms with Crippen molar-refractivity contribution in [2.24, 2.45) is 5.92 Å². The zero-order valence-corrected chi connectivity index (χ0v) is 21.1. The number of rotatable bonds is 17. The maximum absolute atomic E-state index is 12.9. The first-order chi connectivity index (χ1) is 16.5. The highest BCUT2D eigenvalue weighted by Gasteiger charge is 2.21. The summed E-state index contributed by atoms with van der Waals surface area (Å²) >= 11 is 0. The molecule has 0 aliphatic rings. The number of ketones is 1. The summed E-state index contributed by atoms with van der Waals surface area (Å²) in [7, 11) is 0. The summed E-state index contributed by atoms with van der Waals surface area (Å²) < 4.78 is 10.8. The van der Waals surface area contributed by atoms with E-state index in [1.54, 1.807) is 6.26 Å². The number of carbonyl (C=O) groups excluding carboxylic acids is 2. The number of carbonyl (C=O) groups is 2. The monoisotopic (exact) mass is 470 g/mol. The number of aryl methyl sites for hydroxylation is 1. The van der Waals surface area contributed by atoms with E-state index in [2.05, 4.69) is 31.4 Å². The van der Waals surface area contributed by atoms with Gasteiger partial charge in [0.15, 0.2) is 0 Å². The molecular formula is C28H42N2O4. The van der Waals surface area contributed by atoms with Gasteiger partial charge >= 0.3 is 6.09 Å². The SMILES string of the molecule is CCCC[C@H](NC[C@@H](CC(C)C)NC(=O)OCc1ccccc1)C(=O)CCCCc1ccco1. The van der Waals surface area contributed by atoms with Crippen LogP contribution < -0.4 is 10.6 Å². The number of hydrogen-bond donors (Lipinski definition) is 2. The smallest absolute Gasteiger partial charge is 0.407 e. The standard InChI is InChI=1S/C28H42N2O4/c1-4-5-16-26(27(31)17-10-9-14-25-15-11-18-33-25)29-20-24(19-22(2)3)30-28(32)34-21-23-12-7-6-8-13-23/h6-8,11-13,15,18,22,24,26,29H,4-5,9-10,14,16-17,19-21H2,1-3H3,(H,30,32)/t24-,26+/m1/s1. The lowest BCUT2D eigenvalue weighted by Crippen LogP contribution is -2.47. The molecule has 0 fully saturated rings. The lowest BCUT2D eigenvalue weighted by Gasteiger charge is -2.24. The maximum atomic E-state index is 12.9. The molecule has 2 N–H and O–H groups in total. The van der Waals surface area contributed by atoms with E-state index in [0.29, 0.717) is 18.9 Å². The van der Waals surface area contributed by atoms with Crippen LogP contribution >= 0.6 is 0 Å². The molecule has 0 saturated heterocycles. The van der Waals surface area contributed by atoms with Gasteiger partial charge in [0, 0.05) is 25.4 Å². The third kappa shape index (κ3) is 11.5. The summed E-state index contributed by atoms with van der Waals surface area (Å²) in [5, 5.41) is 6.45. The number of amides is 1. The van der Waals surface area contributed by atoms with Gasteiger partial charge in [-0.1, -0.05) is 63.9 Å². The molecule has 0 aliphatic heterocycles. The minimum absolute atomic E-state index is 0.0980. The van der Waals surface area contributed by atoms with Gasteiger partial charge in [-0.25, -0.2) is 4.79 Å². The predicted octanol–water partition coefficient (Wildman–Crippen LogP) is 6.05. The molecule has 2 atom stereocenters. The number of benzene rings is 1. The Balaban J connectivity index is 1.81. The Morgan fingerprint density at radius 3 is 2.50 bits per heavy atom. The van der Waals surface area contributed by atoms with Crippen molar-refractivity contribution in [3.63, 3.8) is 0 Å². The number of nitrogens with one attached hydrogen (secondary N) is 2. The van der Waals surface area contributed by atoms with Crippen LogP contribution in [-0.4, -0.2) is 30.5 Å². The third-order valence-corrected chi connectivity index (χ3v) is 5.81. The number of Topliss-reactive ketones (excluding diaryl/α,β-unsaturated/α-hetero) is 1. The van der Waals surface area contributed by atoms with Gasteiger partial charge in [0.25, 0.3) is 0 Å². The van der Waals surface area contributed by atoms with Gasteiger partial charge in [-0.2, -0.15) is 0 Å². The van der Waals surface area contributed by atoms with Crippen LogP contribution in [0.5, 0.6) is 0 Å². The Morgan fingerprint density at radius 1 is 1.03 bits per heavy atom. The van der Waals surface area contributed by atoms with Gasteiger partial charge in [-0.15, -0.1) is 0 Å². The first-order valence-corrected chi connectivity index (χ1v) is 12.7. The fourth-order valence-electron chi connectivity index (χ4n) is 3.99. The lowest BCUT2D eigenvalue weighted by atomic mass is 9.99. The van der Waals surface area contributed by atoms with E-state index >= 15 is 0 Å². The van der Waals surface area contributed by atoms with Crippen LogP contribution in [0.15, 0.2) is 53.1 Å². The zero-order valence-electron chi connectivity index (χ0n) is 21.1. The van der Waals surface area contributed by atoms with Crippen LogP contribution in [0.3, 0.4) is 0 Å². The molecule has 2 aromatic rings. The first kappa shape index (κ1) is 27.6. The van der Waals surface area contributed by atoms with E-state index in [9.17, 15) is 9.59 Å². The van der Waals surface area contributed by atoms with Crippen molar-refractivity contribution < 1.29 is 18.7 Å². The molecule has 6 nitrogen and oxygen atoms in total. The van der Waals surface area contributed by atoms with E-state index in [1.165, 1.54) is 0 Å². The van der Waals surface area contributed by atoms with Gasteiger partial charge in [0.1, 0.15) is 18.2 Å². The first-order valence-electron chi connectivity index (χ1n) is 12.7. The normalized spacial score (nSPS) is 12.9. The van der Waals surface area contributed by atoms with Crippen LogP contribution in [0.4, 0.5) is 4.79 Å². The molecule has 6 heteroatoms. The largest absolute Gasteiger partial charge is 0.469 e. The van der Waals surface area contributed by atoms with Crippen molar-refractivity contribution >= 4 is 11.9 Å². The molecule has 0 spiro atoms. The molecule has 0 radical (unpaired) electrons. The Labute approximate surface area is 204 Å². The fraction of sp³-hybridized carbons (Fsp3) is 0.571. The maximum Gasteiger partial charge on any atom is 0.407 e. The molecule has 0 saturated carbocycles. The molecule has 1 aromatic carbocycles. The second-order valence-corrected chi connectivity index (χ2v) is 9.39. The summed E-state index contributed by atoms with van der Waals surface area (Å²) in [5.74, 6) is 1.63. The summed E-state index contributed by atoms with van der Waals surface area (Å²) in [6, 6.07) is 13.2. The fourth-order valence-corrected chi connectivity index (χ4v) is 3.99. The molecule has 0 unspecified atom stereocenters. The van der Waals surface area contributed by atoms with E-state index < -0.39 is 6.09 Å². The highest BCUT2D eigenvalue weighted by molar-refractivity contribution is 5.83. The van der Waals surface area contributed by atoms with Crippen LogP contribution in [0.2, 0.25) is 0 Å². The van der Waals surface area contributed by atoms with Crippen LogP contribution in [0.25, 0.3) is 0 Å². The topological polar surface area (TPSA) is 80.6 Å². The Kier molecular flexibility index (Phi) is 13.1. The number of unbranched alkanes of at least 4 members (excludes halogenated alkanes) is 2. The van der Waals surface area contributed by atoms with E-state index in [0.717, 1.165) is 56.3 Å². The Hall–Kier alpha value is -2.60. The van der Waals surface area contributed by atoms with Crippen molar-refractivity contribution in [3.05, 3.63) is 60.1 Å². The average molecular weight is 471 g/mol. The van der Waals surface area contributed by atoms with Gasteiger partial charge < -0.3 is 19.8 Å². The number of hydrogen-bond acceptors (Lipinski definition) is 5. The highest BCUT2D eigenvalue weighted by Crippen LogP contribution is 2.12. The molecule has 1 heterocycles. The van der Waals surface area contributed by atoms with Crippen molar-refractivity contribution in [3.8, 4) is 0 Å². The van der Waals surface area contributed by atoms with Crippen LogP contribution in [0.1, 0.15) is 77.0 Å². The predicted molar refractivity (Wildman–Crippen MR) is 136 cm³/mol. The van der Waals surface area contributed by atoms with Crippen LogP contribution in [-0.2, 0) is 22.6 Å². The van der Waals surface area contributed by atoms with Gasteiger partial charge in [0.05, 0.1) is 12.3 Å². The number of furan rings is 1. The van der Waals surface area contributed by atoms with Crippen molar-refractivity contribution in [1.29, 1.82) is 0 Å². The summed E-state index contributed by atoms with van der Waals surface area (Å²) in [4.78, 5) is 25.3. The highest BCUT2D eigenvalue weighted by atomic mass is 16.5. The number of alkyl carbamates (subject to hydrolysis) is 1. The van der Waals surface area contributed by atoms with E-state index in [1.807, 2.05) is 42.5 Å². The van der Waals surface area contributed by atoms with Crippen LogP contribution in [0, 0.1) is 5.92 Å².